The zero-order valence-corrected chi connectivity index (χ0v) is 18.4. The molecule has 1 N–H and O–H groups in total. The van der Waals surface area contributed by atoms with Crippen molar-refractivity contribution in [2.75, 3.05) is 48.7 Å². The largest absolute Gasteiger partial charge is 0.411 e. The van der Waals surface area contributed by atoms with Gasteiger partial charge < -0.3 is 14.6 Å². The molecule has 7 nitrogen and oxygen atoms in total. The molecule has 0 atom stereocenters. The van der Waals surface area contributed by atoms with Crippen LogP contribution in [0.5, 0.6) is 0 Å². The van der Waals surface area contributed by atoms with E-state index in [4.69, 9.17) is 4.42 Å². The molecule has 166 valence electrons. The lowest BCUT2D eigenvalue weighted by Crippen LogP contribution is -2.46. The molecule has 1 amide bonds. The van der Waals surface area contributed by atoms with Gasteiger partial charge in [0.25, 0.3) is 11.1 Å². The molecule has 9 heteroatoms. The van der Waals surface area contributed by atoms with Gasteiger partial charge in [0, 0.05) is 32.7 Å². The Hall–Kier alpha value is -3.17. The van der Waals surface area contributed by atoms with Gasteiger partial charge in [-0.1, -0.05) is 42.1 Å². The average Bonchev–Trinajstić information content (AvgIpc) is 3.28. The van der Waals surface area contributed by atoms with Crippen molar-refractivity contribution in [3.05, 3.63) is 67.0 Å². The number of anilines is 2. The number of thioether (sulfide) groups is 1. The van der Waals surface area contributed by atoms with E-state index < -0.39 is 5.82 Å². The van der Waals surface area contributed by atoms with Gasteiger partial charge in [-0.2, -0.15) is 0 Å². The molecular weight excluding hydrogens is 429 g/mol. The number of nitrogens with one attached hydrogen (secondary N) is 1. The van der Waals surface area contributed by atoms with Gasteiger partial charge in [0.2, 0.25) is 5.91 Å². The normalized spacial score (nSPS) is 14.3. The smallest absolute Gasteiger partial charge is 0.277 e. The molecule has 0 unspecified atom stereocenters. The Morgan fingerprint density at radius 3 is 2.66 bits per heavy atom. The van der Waals surface area contributed by atoms with Gasteiger partial charge in [-0.15, -0.1) is 16.8 Å². The molecule has 32 heavy (non-hydrogen) atoms. The monoisotopic (exact) mass is 453 g/mol. The Morgan fingerprint density at radius 2 is 1.88 bits per heavy atom. The number of benzene rings is 2. The lowest BCUT2D eigenvalue weighted by Gasteiger charge is -2.36. The Bertz CT molecular complexity index is 1080. The summed E-state index contributed by atoms with van der Waals surface area (Å²) in [5, 5.41) is 11.0. The van der Waals surface area contributed by atoms with Crippen molar-refractivity contribution in [3.63, 3.8) is 0 Å². The number of hydrogen-bond donors (Lipinski definition) is 1. The topological polar surface area (TPSA) is 74.5 Å². The van der Waals surface area contributed by atoms with Crippen LogP contribution in [0.3, 0.4) is 0 Å². The second kappa shape index (κ2) is 10.4. The zero-order chi connectivity index (χ0) is 22.3. The van der Waals surface area contributed by atoms with E-state index in [0.717, 1.165) is 55.9 Å². The highest BCUT2D eigenvalue weighted by Gasteiger charge is 2.19. The lowest BCUT2D eigenvalue weighted by molar-refractivity contribution is -0.113. The number of amides is 1. The van der Waals surface area contributed by atoms with Crippen LogP contribution in [0.1, 0.15) is 0 Å². The first-order valence-electron chi connectivity index (χ1n) is 10.3. The highest BCUT2D eigenvalue weighted by molar-refractivity contribution is 7.99. The van der Waals surface area contributed by atoms with Crippen molar-refractivity contribution in [2.45, 2.75) is 5.22 Å². The summed E-state index contributed by atoms with van der Waals surface area (Å²) in [7, 11) is 0. The Labute approximate surface area is 190 Å². The van der Waals surface area contributed by atoms with E-state index in [1.807, 2.05) is 30.3 Å². The molecule has 0 spiro atoms. The maximum atomic E-state index is 13.9. The maximum absolute atomic E-state index is 13.9. The summed E-state index contributed by atoms with van der Waals surface area (Å²) >= 11 is 1.11. The minimum absolute atomic E-state index is 0.0898. The number of hydrogen-bond acceptors (Lipinski definition) is 7. The van der Waals surface area contributed by atoms with Crippen LogP contribution in [-0.4, -0.2) is 59.5 Å². The summed E-state index contributed by atoms with van der Waals surface area (Å²) in [6.07, 6.45) is 1.92. The van der Waals surface area contributed by atoms with Gasteiger partial charge in [-0.05, 0) is 24.3 Å². The molecular formula is C23H24FN5O2S. The minimum Gasteiger partial charge on any atom is -0.411 e. The summed E-state index contributed by atoms with van der Waals surface area (Å²) in [5.74, 6) is -0.432. The Morgan fingerprint density at radius 1 is 1.12 bits per heavy atom. The second-order valence-electron chi connectivity index (χ2n) is 7.28. The minimum atomic E-state index is -0.438. The van der Waals surface area contributed by atoms with Crippen molar-refractivity contribution in [1.82, 2.24) is 15.1 Å². The summed E-state index contributed by atoms with van der Waals surface area (Å²) < 4.78 is 19.4. The number of rotatable bonds is 8. The molecule has 4 rings (SSSR count). The van der Waals surface area contributed by atoms with Gasteiger partial charge in [0.05, 0.1) is 22.7 Å². The van der Waals surface area contributed by atoms with E-state index in [9.17, 15) is 9.18 Å². The molecule has 1 aliphatic rings. The van der Waals surface area contributed by atoms with E-state index in [0.29, 0.717) is 0 Å². The molecule has 1 aliphatic heterocycles. The number of carbonyl (C=O) groups excluding carboxylic acids is 1. The van der Waals surface area contributed by atoms with Gasteiger partial charge in [-0.3, -0.25) is 9.69 Å². The molecule has 0 bridgehead atoms. The number of nitrogens with zero attached hydrogens (tertiary/aromatic N) is 4. The molecule has 0 aliphatic carbocycles. The predicted octanol–water partition coefficient (Wildman–Crippen LogP) is 3.91. The summed E-state index contributed by atoms with van der Waals surface area (Å²) in [5.41, 5.74) is 2.01. The second-order valence-corrected chi connectivity index (χ2v) is 8.21. The van der Waals surface area contributed by atoms with Gasteiger partial charge in [0.1, 0.15) is 5.82 Å². The number of aromatic nitrogens is 2. The number of piperazine rings is 1. The maximum Gasteiger partial charge on any atom is 0.277 e. The van der Waals surface area contributed by atoms with Crippen LogP contribution in [0.25, 0.3) is 11.5 Å². The molecule has 0 saturated carbocycles. The molecule has 1 fully saturated rings. The first kappa shape index (κ1) is 22.0. The number of carbonyl (C=O) groups is 1. The first-order valence-corrected chi connectivity index (χ1v) is 11.3. The molecule has 1 aromatic heterocycles. The van der Waals surface area contributed by atoms with Crippen LogP contribution in [0.2, 0.25) is 0 Å². The van der Waals surface area contributed by atoms with Crippen LogP contribution < -0.4 is 10.2 Å². The molecule has 2 heterocycles. The molecule has 1 saturated heterocycles. The fourth-order valence-electron chi connectivity index (χ4n) is 3.53. The van der Waals surface area contributed by atoms with Crippen LogP contribution in [0, 0.1) is 5.82 Å². The van der Waals surface area contributed by atoms with E-state index in [1.54, 1.807) is 18.2 Å². The van der Waals surface area contributed by atoms with E-state index in [-0.39, 0.29) is 28.3 Å². The first-order chi connectivity index (χ1) is 15.6. The third-order valence-corrected chi connectivity index (χ3v) is 5.93. The SMILES string of the molecule is C=CCN1CCN(c2ccccc2NC(=O)CSc2nnc(-c3ccccc3F)o2)CC1. The Kier molecular flexibility index (Phi) is 7.18. The highest BCUT2D eigenvalue weighted by atomic mass is 32.2. The number of para-hydroxylation sites is 2. The fraction of sp³-hybridized carbons (Fsp3) is 0.261. The standard InChI is InChI=1S/C23H24FN5O2S/c1-2-11-28-12-14-29(15-13-28)20-10-6-5-9-19(20)25-21(30)16-32-23-27-26-22(31-23)17-7-3-4-8-18(17)24/h2-10H,1,11-16H2,(H,25,30). The van der Waals surface area contributed by atoms with Gasteiger partial charge in [0.15, 0.2) is 0 Å². The third-order valence-electron chi connectivity index (χ3n) is 5.12. The van der Waals surface area contributed by atoms with Crippen LogP contribution in [-0.2, 0) is 4.79 Å². The third kappa shape index (κ3) is 5.35. The van der Waals surface area contributed by atoms with Crippen LogP contribution in [0.4, 0.5) is 15.8 Å². The summed E-state index contributed by atoms with van der Waals surface area (Å²) in [4.78, 5) is 17.2. The van der Waals surface area contributed by atoms with Crippen LogP contribution in [0.15, 0.2) is 70.8 Å². The highest BCUT2D eigenvalue weighted by Crippen LogP contribution is 2.28. The van der Waals surface area contributed by atoms with E-state index in [2.05, 4.69) is 31.9 Å². The quantitative estimate of drug-likeness (QED) is 0.409. The van der Waals surface area contributed by atoms with Gasteiger partial charge >= 0.3 is 0 Å². The van der Waals surface area contributed by atoms with Crippen molar-refractivity contribution in [3.8, 4) is 11.5 Å². The molecule has 3 aromatic rings. The van der Waals surface area contributed by atoms with E-state index >= 15 is 0 Å². The average molecular weight is 454 g/mol. The van der Waals surface area contributed by atoms with Crippen molar-refractivity contribution < 1.29 is 13.6 Å². The molecule has 0 radical (unpaired) electrons. The van der Waals surface area contributed by atoms with E-state index in [1.165, 1.54) is 6.07 Å². The van der Waals surface area contributed by atoms with Crippen molar-refractivity contribution >= 4 is 29.0 Å². The lowest BCUT2D eigenvalue weighted by atomic mass is 10.2. The summed E-state index contributed by atoms with van der Waals surface area (Å²) in [6, 6.07) is 14.0. The Balaban J connectivity index is 1.34. The molecule has 2 aromatic carbocycles. The van der Waals surface area contributed by atoms with Crippen LogP contribution >= 0.6 is 11.8 Å². The summed E-state index contributed by atoms with van der Waals surface area (Å²) in [6.45, 7) is 8.36. The number of halogens is 1. The van der Waals surface area contributed by atoms with Crippen molar-refractivity contribution in [2.24, 2.45) is 0 Å². The van der Waals surface area contributed by atoms with Gasteiger partial charge in [-0.25, -0.2) is 4.39 Å². The van der Waals surface area contributed by atoms with Crippen molar-refractivity contribution in [1.29, 1.82) is 0 Å². The predicted molar refractivity (Wildman–Crippen MR) is 124 cm³/mol. The fourth-order valence-corrected chi connectivity index (χ4v) is 4.10. The zero-order valence-electron chi connectivity index (χ0n) is 17.5.